The number of fused-ring (bicyclic) bond motifs is 12. The molecule has 11 rings (SSSR count). The highest BCUT2D eigenvalue weighted by molar-refractivity contribution is 6.25. The Labute approximate surface area is 331 Å². The topological polar surface area (TPSA) is 106 Å². The number of imidazole rings is 2. The van der Waals surface area contributed by atoms with Crippen LogP contribution < -0.4 is 4.73 Å². The maximum absolute atomic E-state index is 14.5. The molecule has 3 aromatic heterocycles. The van der Waals surface area contributed by atoms with Crippen molar-refractivity contribution in [3.8, 4) is 45.3 Å². The standard InChI is InChI=1S/C49H32N6O3/c1-52-46-40-23-9-5-19-36(40)34-17-3-7-21-38(34)44(46)50-48(52)31-15-11-13-29(25-31)42-27-33(55(57)58)28-43(54(42)56)30-14-12-16-32(26-30)49-51-45-39-22-8-4-18-35(39)37-20-6-10-24-41(37)47(45)53(49)2/h3-28H,1-2H3. The van der Waals surface area contributed by atoms with Crippen LogP contribution in [-0.2, 0) is 14.1 Å². The van der Waals surface area contributed by atoms with Gasteiger partial charge in [0.2, 0.25) is 11.4 Å². The van der Waals surface area contributed by atoms with Crippen molar-refractivity contribution in [1.82, 2.24) is 19.1 Å². The molecule has 0 radical (unpaired) electrons. The minimum absolute atomic E-state index is 0.159. The fourth-order valence-electron chi connectivity index (χ4n) is 8.91. The van der Waals surface area contributed by atoms with E-state index in [4.69, 9.17) is 9.97 Å². The van der Waals surface area contributed by atoms with Crippen molar-refractivity contribution in [3.63, 3.8) is 0 Å². The highest BCUT2D eigenvalue weighted by atomic mass is 16.6. The third kappa shape index (κ3) is 4.86. The van der Waals surface area contributed by atoms with E-state index in [9.17, 15) is 15.3 Å². The molecule has 0 atom stereocenters. The molecule has 8 aromatic carbocycles. The molecule has 0 N–H and O–H groups in total. The summed E-state index contributed by atoms with van der Waals surface area (Å²) in [6, 6.07) is 50.9. The maximum Gasteiger partial charge on any atom is 0.282 e. The Morgan fingerprint density at radius 3 is 1.21 bits per heavy atom. The summed E-state index contributed by atoms with van der Waals surface area (Å²) in [7, 11) is 4.00. The first-order chi connectivity index (χ1) is 28.4. The fourth-order valence-corrected chi connectivity index (χ4v) is 8.91. The zero-order valence-electron chi connectivity index (χ0n) is 31.4. The van der Waals surface area contributed by atoms with Gasteiger partial charge in [-0.1, -0.05) is 121 Å². The molecule has 58 heavy (non-hydrogen) atoms. The Bertz CT molecular complexity index is 3320. The molecule has 0 saturated carbocycles. The van der Waals surface area contributed by atoms with Gasteiger partial charge in [0, 0.05) is 57.9 Å². The van der Waals surface area contributed by atoms with E-state index in [-0.39, 0.29) is 17.1 Å². The zero-order valence-corrected chi connectivity index (χ0v) is 31.4. The lowest BCUT2D eigenvalue weighted by atomic mass is 10.00. The van der Waals surface area contributed by atoms with Crippen molar-refractivity contribution in [2.24, 2.45) is 14.1 Å². The zero-order chi connectivity index (χ0) is 39.2. The van der Waals surface area contributed by atoms with E-state index in [1.165, 1.54) is 12.1 Å². The maximum atomic E-state index is 14.5. The molecule has 0 aliphatic rings. The first kappa shape index (κ1) is 33.4. The number of nitro groups is 1. The highest BCUT2D eigenvalue weighted by Gasteiger charge is 2.25. The molecule has 276 valence electrons. The van der Waals surface area contributed by atoms with Crippen molar-refractivity contribution in [2.75, 3.05) is 0 Å². The normalized spacial score (nSPS) is 11.8. The second kappa shape index (κ2) is 12.6. The van der Waals surface area contributed by atoms with Crippen LogP contribution in [0.2, 0.25) is 0 Å². The van der Waals surface area contributed by atoms with Gasteiger partial charge in [0.15, 0.2) is 0 Å². The number of benzene rings is 8. The van der Waals surface area contributed by atoms with Crippen LogP contribution in [0.5, 0.6) is 0 Å². The van der Waals surface area contributed by atoms with Crippen LogP contribution in [0.15, 0.2) is 158 Å². The number of aryl methyl sites for hydroxylation is 2. The van der Waals surface area contributed by atoms with Gasteiger partial charge in [-0.2, -0.15) is 4.73 Å². The lowest BCUT2D eigenvalue weighted by Crippen LogP contribution is -2.32. The highest BCUT2D eigenvalue weighted by Crippen LogP contribution is 2.40. The smallest absolute Gasteiger partial charge is 0.282 e. The van der Waals surface area contributed by atoms with Crippen LogP contribution >= 0.6 is 0 Å². The van der Waals surface area contributed by atoms with Crippen molar-refractivity contribution >= 4 is 70.8 Å². The van der Waals surface area contributed by atoms with E-state index < -0.39 is 4.92 Å². The monoisotopic (exact) mass is 752 g/mol. The van der Waals surface area contributed by atoms with Crippen LogP contribution in [0.3, 0.4) is 0 Å². The summed E-state index contributed by atoms with van der Waals surface area (Å²) >= 11 is 0. The summed E-state index contributed by atoms with van der Waals surface area (Å²) in [5.74, 6) is 1.44. The molecule has 9 heteroatoms. The molecule has 11 aromatic rings. The molecular weight excluding hydrogens is 721 g/mol. The van der Waals surface area contributed by atoms with Gasteiger partial charge >= 0.3 is 0 Å². The van der Waals surface area contributed by atoms with Gasteiger partial charge < -0.3 is 14.3 Å². The van der Waals surface area contributed by atoms with Crippen molar-refractivity contribution in [1.29, 1.82) is 0 Å². The van der Waals surface area contributed by atoms with Gasteiger partial charge in [0.05, 0.1) is 39.1 Å². The van der Waals surface area contributed by atoms with Gasteiger partial charge in [-0.15, -0.1) is 0 Å². The van der Waals surface area contributed by atoms with Crippen molar-refractivity contribution < 1.29 is 9.65 Å². The second-order valence-electron chi connectivity index (χ2n) is 14.8. The largest absolute Gasteiger partial charge is 0.618 e. The molecule has 9 nitrogen and oxygen atoms in total. The van der Waals surface area contributed by atoms with E-state index in [0.29, 0.717) is 11.1 Å². The summed E-state index contributed by atoms with van der Waals surface area (Å²) in [6.07, 6.45) is 0. The summed E-state index contributed by atoms with van der Waals surface area (Å²) in [5.41, 5.74) is 6.54. The number of hydrogen-bond acceptors (Lipinski definition) is 5. The Balaban J connectivity index is 1.06. The second-order valence-corrected chi connectivity index (χ2v) is 14.8. The van der Waals surface area contributed by atoms with E-state index >= 15 is 0 Å². The van der Waals surface area contributed by atoms with E-state index in [1.807, 2.05) is 99.0 Å². The van der Waals surface area contributed by atoms with Crippen LogP contribution in [0.4, 0.5) is 5.69 Å². The number of aromatic nitrogens is 5. The molecule has 0 fully saturated rings. The lowest BCUT2D eigenvalue weighted by Gasteiger charge is -2.12. The summed E-state index contributed by atoms with van der Waals surface area (Å²) in [5, 5.41) is 35.8. The fraction of sp³-hybridized carbons (Fsp3) is 0.0408. The van der Waals surface area contributed by atoms with Gasteiger partial charge in [-0.3, -0.25) is 10.1 Å². The third-order valence-electron chi connectivity index (χ3n) is 11.6. The molecule has 0 saturated heterocycles. The van der Waals surface area contributed by atoms with Crippen LogP contribution in [0.25, 0.3) is 110 Å². The Morgan fingerprint density at radius 2 is 0.810 bits per heavy atom. The van der Waals surface area contributed by atoms with Crippen LogP contribution in [-0.4, -0.2) is 24.0 Å². The number of rotatable bonds is 5. The third-order valence-corrected chi connectivity index (χ3v) is 11.6. The van der Waals surface area contributed by atoms with Gasteiger partial charge in [-0.05, 0) is 45.8 Å². The van der Waals surface area contributed by atoms with E-state index in [1.54, 1.807) is 12.1 Å². The number of pyridine rings is 1. The minimum Gasteiger partial charge on any atom is -0.618 e. The Hall–Kier alpha value is -7.91. The number of hydrogen-bond donors (Lipinski definition) is 0. The summed E-state index contributed by atoms with van der Waals surface area (Å²) in [6.45, 7) is 0. The predicted octanol–water partition coefficient (Wildman–Crippen LogP) is 11.3. The molecule has 0 amide bonds. The molecule has 0 aliphatic heterocycles. The van der Waals surface area contributed by atoms with E-state index in [2.05, 4.69) is 57.7 Å². The lowest BCUT2D eigenvalue weighted by molar-refractivity contribution is -0.582. The van der Waals surface area contributed by atoms with E-state index in [0.717, 1.165) is 92.7 Å². The summed E-state index contributed by atoms with van der Waals surface area (Å²) in [4.78, 5) is 22.4. The van der Waals surface area contributed by atoms with Crippen LogP contribution in [0, 0.1) is 15.3 Å². The molecule has 0 aliphatic carbocycles. The van der Waals surface area contributed by atoms with Crippen molar-refractivity contribution in [2.45, 2.75) is 0 Å². The first-order valence-electron chi connectivity index (χ1n) is 19.0. The molecule has 0 spiro atoms. The summed E-state index contributed by atoms with van der Waals surface area (Å²) < 4.78 is 4.97. The Kier molecular flexibility index (Phi) is 7.24. The predicted molar refractivity (Wildman–Crippen MR) is 232 cm³/mol. The molecule has 3 heterocycles. The molecule has 0 unspecified atom stereocenters. The molecule has 0 bridgehead atoms. The SMILES string of the molecule is Cn1c(-c2cccc(-c3cc([N+](=O)[O-])cc(-c4cccc(-c5nc6c7ccccc7c7ccccc7c6n5C)c4)[n+]3[O-])c2)nc2c3ccccc3c3ccccc3c21. The average Bonchev–Trinajstić information content (AvgIpc) is 3.81. The van der Waals surface area contributed by atoms with Gasteiger partial charge in [0.25, 0.3) is 5.69 Å². The minimum atomic E-state index is -0.454. The number of nitrogens with zero attached hydrogens (tertiary/aromatic N) is 6. The van der Waals surface area contributed by atoms with Gasteiger partial charge in [-0.25, -0.2) is 9.97 Å². The average molecular weight is 753 g/mol. The van der Waals surface area contributed by atoms with Crippen LogP contribution in [0.1, 0.15) is 0 Å². The molecular formula is C49H32N6O3. The Morgan fingerprint density at radius 1 is 0.466 bits per heavy atom. The van der Waals surface area contributed by atoms with Crippen molar-refractivity contribution in [3.05, 3.63) is 173 Å². The van der Waals surface area contributed by atoms with Gasteiger partial charge in [0.1, 0.15) is 11.6 Å². The quantitative estimate of drug-likeness (QED) is 0.0572. The first-order valence-corrected chi connectivity index (χ1v) is 19.0.